The Balaban J connectivity index is 1.27. The number of nitrogens with zero attached hydrogens (tertiary/aromatic N) is 3. The fourth-order valence-electron chi connectivity index (χ4n) is 3.73. The van der Waals surface area contributed by atoms with Gasteiger partial charge in [-0.05, 0) is 42.7 Å². The van der Waals surface area contributed by atoms with Crippen molar-refractivity contribution < 1.29 is 14.3 Å². The molecule has 0 spiro atoms. The van der Waals surface area contributed by atoms with E-state index in [4.69, 9.17) is 4.74 Å². The van der Waals surface area contributed by atoms with Gasteiger partial charge in [-0.3, -0.25) is 14.3 Å². The fraction of sp³-hybridized carbons (Fsp3) is 0.292. The predicted molar refractivity (Wildman–Crippen MR) is 118 cm³/mol. The molecule has 1 fully saturated rings. The van der Waals surface area contributed by atoms with Gasteiger partial charge in [0.1, 0.15) is 5.75 Å². The highest BCUT2D eigenvalue weighted by atomic mass is 16.5. The molecule has 4 rings (SSSR count). The second-order valence-electron chi connectivity index (χ2n) is 7.61. The lowest BCUT2D eigenvalue weighted by atomic mass is 9.95. The Morgan fingerprint density at radius 3 is 2.48 bits per heavy atom. The number of benzene rings is 2. The second-order valence-corrected chi connectivity index (χ2v) is 7.61. The van der Waals surface area contributed by atoms with Gasteiger partial charge in [0.25, 0.3) is 5.91 Å². The maximum atomic E-state index is 12.8. The van der Waals surface area contributed by atoms with Crippen LogP contribution in [0.5, 0.6) is 5.75 Å². The lowest BCUT2D eigenvalue weighted by Gasteiger charge is -2.31. The molecule has 0 radical (unpaired) electrons. The molecule has 1 saturated heterocycles. The van der Waals surface area contributed by atoms with Crippen molar-refractivity contribution in [3.63, 3.8) is 0 Å². The van der Waals surface area contributed by atoms with E-state index in [-0.39, 0.29) is 24.3 Å². The first-order valence-electron chi connectivity index (χ1n) is 10.5. The fourth-order valence-corrected chi connectivity index (χ4v) is 3.73. The first kappa shape index (κ1) is 20.7. The molecular weight excluding hydrogens is 392 g/mol. The summed E-state index contributed by atoms with van der Waals surface area (Å²) in [5.74, 6) is 0.517. The van der Waals surface area contributed by atoms with Crippen LogP contribution >= 0.6 is 0 Å². The predicted octanol–water partition coefficient (Wildman–Crippen LogP) is 3.19. The van der Waals surface area contributed by atoms with Crippen LogP contribution < -0.4 is 10.1 Å². The van der Waals surface area contributed by atoms with Crippen LogP contribution in [0.15, 0.2) is 73.1 Å². The van der Waals surface area contributed by atoms with Crippen LogP contribution in [0.4, 0.5) is 5.69 Å². The van der Waals surface area contributed by atoms with Crippen LogP contribution in [0.2, 0.25) is 0 Å². The monoisotopic (exact) mass is 418 g/mol. The Bertz CT molecular complexity index is 997. The van der Waals surface area contributed by atoms with E-state index in [2.05, 4.69) is 10.4 Å². The zero-order valence-corrected chi connectivity index (χ0v) is 17.3. The molecule has 160 valence electrons. The summed E-state index contributed by atoms with van der Waals surface area (Å²) in [4.78, 5) is 27.1. The number of hydrogen-bond acceptors (Lipinski definition) is 4. The van der Waals surface area contributed by atoms with Crippen LogP contribution in [0, 0.1) is 5.92 Å². The summed E-state index contributed by atoms with van der Waals surface area (Å²) in [7, 11) is 0. The molecular formula is C24H26N4O3. The molecule has 1 aliphatic rings. The third-order valence-corrected chi connectivity index (χ3v) is 5.49. The van der Waals surface area contributed by atoms with Crippen molar-refractivity contribution in [2.75, 3.05) is 25.0 Å². The SMILES string of the molecule is O=C(Nc1ccccc1Cn1cccn1)C1CCN(C(=O)COc2ccccc2)CC1. The third-order valence-electron chi connectivity index (χ3n) is 5.49. The molecule has 1 aliphatic heterocycles. The lowest BCUT2D eigenvalue weighted by Crippen LogP contribution is -2.43. The zero-order chi connectivity index (χ0) is 21.5. The van der Waals surface area contributed by atoms with Gasteiger partial charge in [0, 0.05) is 37.1 Å². The smallest absolute Gasteiger partial charge is 0.260 e. The number of anilines is 1. The summed E-state index contributed by atoms with van der Waals surface area (Å²) >= 11 is 0. The van der Waals surface area contributed by atoms with Crippen LogP contribution in [0.25, 0.3) is 0 Å². The quantitative estimate of drug-likeness (QED) is 0.639. The number of nitrogens with one attached hydrogen (secondary N) is 1. The number of aromatic nitrogens is 2. The topological polar surface area (TPSA) is 76.5 Å². The molecule has 0 atom stereocenters. The first-order valence-corrected chi connectivity index (χ1v) is 10.5. The standard InChI is InChI=1S/C24H26N4O3/c29-23(18-31-21-8-2-1-3-9-21)27-15-11-19(12-16-27)24(30)26-22-10-5-4-7-20(22)17-28-14-6-13-25-28/h1-10,13-14,19H,11-12,15-18H2,(H,26,30). The van der Waals surface area contributed by atoms with E-state index in [0.717, 1.165) is 11.3 Å². The summed E-state index contributed by atoms with van der Waals surface area (Å²) in [6.07, 6.45) is 4.92. The van der Waals surface area contributed by atoms with Gasteiger partial charge in [0.15, 0.2) is 6.61 Å². The Hall–Kier alpha value is -3.61. The molecule has 2 heterocycles. The maximum absolute atomic E-state index is 12.8. The van der Waals surface area contributed by atoms with Crippen LogP contribution in [-0.4, -0.2) is 46.2 Å². The van der Waals surface area contributed by atoms with E-state index in [1.165, 1.54) is 0 Å². The Kier molecular flexibility index (Phi) is 6.62. The average Bonchev–Trinajstić information content (AvgIpc) is 3.33. The van der Waals surface area contributed by atoms with E-state index in [0.29, 0.717) is 38.2 Å². The van der Waals surface area contributed by atoms with Gasteiger partial charge in [-0.25, -0.2) is 0 Å². The molecule has 1 aromatic heterocycles. The molecule has 0 aliphatic carbocycles. The van der Waals surface area contributed by atoms with E-state index in [1.54, 1.807) is 11.1 Å². The summed E-state index contributed by atoms with van der Waals surface area (Å²) in [5.41, 5.74) is 1.81. The number of hydrogen-bond donors (Lipinski definition) is 1. The van der Waals surface area contributed by atoms with Crippen LogP contribution in [-0.2, 0) is 16.1 Å². The highest BCUT2D eigenvalue weighted by Gasteiger charge is 2.27. The van der Waals surface area contributed by atoms with E-state index in [9.17, 15) is 9.59 Å². The molecule has 2 aromatic carbocycles. The summed E-state index contributed by atoms with van der Waals surface area (Å²) < 4.78 is 7.38. The van der Waals surface area contributed by atoms with Gasteiger partial charge in [0.05, 0.1) is 6.54 Å². The molecule has 0 saturated carbocycles. The second kappa shape index (κ2) is 9.93. The number of carbonyl (C=O) groups is 2. The normalized spacial score (nSPS) is 14.3. The Morgan fingerprint density at radius 2 is 1.74 bits per heavy atom. The molecule has 7 heteroatoms. The number of piperidine rings is 1. The van der Waals surface area contributed by atoms with Crippen molar-refractivity contribution in [1.29, 1.82) is 0 Å². The minimum absolute atomic E-state index is 0.000509. The Morgan fingerprint density at radius 1 is 1.00 bits per heavy atom. The van der Waals surface area contributed by atoms with Gasteiger partial charge < -0.3 is 15.0 Å². The third kappa shape index (κ3) is 5.51. The van der Waals surface area contributed by atoms with E-state index in [1.807, 2.05) is 71.5 Å². The van der Waals surface area contributed by atoms with Gasteiger partial charge in [-0.15, -0.1) is 0 Å². The lowest BCUT2D eigenvalue weighted by molar-refractivity contribution is -0.136. The van der Waals surface area contributed by atoms with Gasteiger partial charge in [0.2, 0.25) is 5.91 Å². The first-order chi connectivity index (χ1) is 15.2. The minimum Gasteiger partial charge on any atom is -0.484 e. The van der Waals surface area contributed by atoms with Crippen molar-refractivity contribution in [2.24, 2.45) is 5.92 Å². The number of rotatable bonds is 7. The molecule has 0 unspecified atom stereocenters. The highest BCUT2D eigenvalue weighted by molar-refractivity contribution is 5.93. The van der Waals surface area contributed by atoms with Crippen LogP contribution in [0.1, 0.15) is 18.4 Å². The molecule has 31 heavy (non-hydrogen) atoms. The number of amides is 2. The van der Waals surface area contributed by atoms with E-state index >= 15 is 0 Å². The number of likely N-dealkylation sites (tertiary alicyclic amines) is 1. The van der Waals surface area contributed by atoms with Crippen molar-refractivity contribution in [3.05, 3.63) is 78.6 Å². The highest BCUT2D eigenvalue weighted by Crippen LogP contribution is 2.22. The molecule has 7 nitrogen and oxygen atoms in total. The Labute approximate surface area is 181 Å². The van der Waals surface area contributed by atoms with Crippen molar-refractivity contribution in [1.82, 2.24) is 14.7 Å². The number of ether oxygens (including phenoxy) is 1. The molecule has 1 N–H and O–H groups in total. The average molecular weight is 418 g/mol. The van der Waals surface area contributed by atoms with Crippen molar-refractivity contribution in [3.8, 4) is 5.75 Å². The minimum atomic E-state index is -0.114. The number of carbonyl (C=O) groups excluding carboxylic acids is 2. The molecule has 2 amide bonds. The zero-order valence-electron chi connectivity index (χ0n) is 17.3. The number of para-hydroxylation sites is 2. The summed E-state index contributed by atoms with van der Waals surface area (Å²) in [6, 6.07) is 19.0. The van der Waals surface area contributed by atoms with Crippen molar-refractivity contribution >= 4 is 17.5 Å². The summed E-state index contributed by atoms with van der Waals surface area (Å²) in [5, 5.41) is 7.31. The van der Waals surface area contributed by atoms with Gasteiger partial charge >= 0.3 is 0 Å². The van der Waals surface area contributed by atoms with Crippen molar-refractivity contribution in [2.45, 2.75) is 19.4 Å². The van der Waals surface area contributed by atoms with Gasteiger partial charge in [-0.2, -0.15) is 5.10 Å². The van der Waals surface area contributed by atoms with Gasteiger partial charge in [-0.1, -0.05) is 36.4 Å². The molecule has 0 bridgehead atoms. The molecule has 3 aromatic rings. The maximum Gasteiger partial charge on any atom is 0.260 e. The van der Waals surface area contributed by atoms with E-state index < -0.39 is 0 Å². The van der Waals surface area contributed by atoms with Crippen LogP contribution in [0.3, 0.4) is 0 Å². The largest absolute Gasteiger partial charge is 0.484 e. The summed E-state index contributed by atoms with van der Waals surface area (Å²) in [6.45, 7) is 1.73.